The Hall–Kier alpha value is -1.29. The van der Waals surface area contributed by atoms with Crippen molar-refractivity contribution in [2.24, 2.45) is 5.73 Å². The molecular formula is C14H25N3O. The van der Waals surface area contributed by atoms with Crippen molar-refractivity contribution in [3.63, 3.8) is 0 Å². The lowest BCUT2D eigenvalue weighted by Gasteiger charge is -2.31. The number of amides is 1. The van der Waals surface area contributed by atoms with E-state index in [0.717, 1.165) is 12.8 Å². The number of aromatic nitrogens is 1. The highest BCUT2D eigenvalue weighted by molar-refractivity contribution is 5.93. The van der Waals surface area contributed by atoms with Gasteiger partial charge in [-0.15, -0.1) is 0 Å². The Balaban J connectivity index is 2.91. The van der Waals surface area contributed by atoms with Crippen LogP contribution in [0, 0.1) is 0 Å². The molecule has 0 aliphatic heterocycles. The van der Waals surface area contributed by atoms with Gasteiger partial charge < -0.3 is 15.6 Å². The van der Waals surface area contributed by atoms with E-state index in [1.54, 1.807) is 0 Å². The van der Waals surface area contributed by atoms with Crippen LogP contribution in [0.1, 0.15) is 57.1 Å². The van der Waals surface area contributed by atoms with E-state index in [-0.39, 0.29) is 17.5 Å². The van der Waals surface area contributed by atoms with Crippen molar-refractivity contribution >= 4 is 5.91 Å². The van der Waals surface area contributed by atoms with Gasteiger partial charge in [0.25, 0.3) is 5.91 Å². The van der Waals surface area contributed by atoms with Crippen LogP contribution in [0.15, 0.2) is 18.3 Å². The van der Waals surface area contributed by atoms with E-state index in [4.69, 9.17) is 5.73 Å². The first-order chi connectivity index (χ1) is 8.49. The summed E-state index contributed by atoms with van der Waals surface area (Å²) in [6.07, 6.45) is 3.61. The van der Waals surface area contributed by atoms with Crippen LogP contribution in [0.25, 0.3) is 0 Å². The fourth-order valence-electron chi connectivity index (χ4n) is 2.11. The fourth-order valence-corrected chi connectivity index (χ4v) is 2.11. The van der Waals surface area contributed by atoms with Gasteiger partial charge in [0.15, 0.2) is 0 Å². The van der Waals surface area contributed by atoms with Gasteiger partial charge in [-0.2, -0.15) is 0 Å². The molecule has 1 aromatic rings. The second kappa shape index (κ2) is 6.05. The minimum absolute atomic E-state index is 0.0390. The average molecular weight is 251 g/mol. The van der Waals surface area contributed by atoms with Crippen LogP contribution in [-0.4, -0.2) is 22.6 Å². The Morgan fingerprint density at radius 3 is 2.50 bits per heavy atom. The third-order valence-electron chi connectivity index (χ3n) is 3.69. The van der Waals surface area contributed by atoms with E-state index in [1.807, 2.05) is 22.9 Å². The van der Waals surface area contributed by atoms with Crippen LogP contribution in [0.2, 0.25) is 0 Å². The maximum Gasteiger partial charge on any atom is 0.268 e. The molecule has 0 atom stereocenters. The lowest BCUT2D eigenvalue weighted by Crippen LogP contribution is -2.53. The summed E-state index contributed by atoms with van der Waals surface area (Å²) in [6.45, 7) is 8.70. The lowest BCUT2D eigenvalue weighted by atomic mass is 9.93. The van der Waals surface area contributed by atoms with Gasteiger partial charge in [-0.05, 0) is 38.8 Å². The van der Waals surface area contributed by atoms with E-state index in [1.165, 1.54) is 0 Å². The van der Waals surface area contributed by atoms with Gasteiger partial charge in [-0.3, -0.25) is 4.79 Å². The highest BCUT2D eigenvalue weighted by Crippen LogP contribution is 2.16. The summed E-state index contributed by atoms with van der Waals surface area (Å²) in [6, 6.07) is 4.02. The molecule has 0 saturated heterocycles. The number of nitrogens with two attached hydrogens (primary N) is 1. The van der Waals surface area contributed by atoms with Crippen molar-refractivity contribution in [1.82, 2.24) is 9.88 Å². The third kappa shape index (κ3) is 2.93. The number of nitrogens with zero attached hydrogens (tertiary/aromatic N) is 1. The molecule has 0 saturated carbocycles. The molecular weight excluding hydrogens is 226 g/mol. The Kier molecular flexibility index (Phi) is 4.96. The van der Waals surface area contributed by atoms with Gasteiger partial charge in [0, 0.05) is 18.8 Å². The molecule has 102 valence electrons. The molecule has 1 amide bonds. The number of hydrogen-bond acceptors (Lipinski definition) is 2. The predicted octanol–water partition coefficient (Wildman–Crippen LogP) is 2.32. The number of nitrogens with one attached hydrogen (secondary N) is 1. The summed E-state index contributed by atoms with van der Waals surface area (Å²) in [7, 11) is 0. The molecule has 1 heterocycles. The minimum atomic E-state index is -0.289. The second-order valence-corrected chi connectivity index (χ2v) is 5.04. The Morgan fingerprint density at radius 2 is 2.06 bits per heavy atom. The SMILES string of the molecule is CCC(CC)(CN)NC(=O)c1cccn1C(C)C. The van der Waals surface area contributed by atoms with Crippen LogP contribution in [-0.2, 0) is 0 Å². The van der Waals surface area contributed by atoms with E-state index < -0.39 is 0 Å². The van der Waals surface area contributed by atoms with Gasteiger partial charge in [0.05, 0.1) is 5.54 Å². The summed E-state index contributed by atoms with van der Waals surface area (Å²) < 4.78 is 1.97. The van der Waals surface area contributed by atoms with E-state index >= 15 is 0 Å². The number of rotatable bonds is 6. The molecule has 0 fully saturated rings. The smallest absolute Gasteiger partial charge is 0.268 e. The van der Waals surface area contributed by atoms with Gasteiger partial charge in [0.1, 0.15) is 5.69 Å². The maximum absolute atomic E-state index is 12.3. The highest BCUT2D eigenvalue weighted by Gasteiger charge is 2.27. The van der Waals surface area contributed by atoms with Crippen LogP contribution < -0.4 is 11.1 Å². The fraction of sp³-hybridized carbons (Fsp3) is 0.643. The molecule has 1 rings (SSSR count). The van der Waals surface area contributed by atoms with Crippen molar-refractivity contribution < 1.29 is 4.79 Å². The Bertz CT molecular complexity index is 383. The predicted molar refractivity (Wildman–Crippen MR) is 74.7 cm³/mol. The van der Waals surface area contributed by atoms with Gasteiger partial charge in [-0.25, -0.2) is 0 Å². The largest absolute Gasteiger partial charge is 0.344 e. The van der Waals surface area contributed by atoms with Gasteiger partial charge in [0.2, 0.25) is 0 Å². The quantitative estimate of drug-likeness (QED) is 0.815. The average Bonchev–Trinajstić information content (AvgIpc) is 2.85. The van der Waals surface area contributed by atoms with E-state index in [2.05, 4.69) is 33.0 Å². The van der Waals surface area contributed by atoms with Crippen LogP contribution in [0.5, 0.6) is 0 Å². The maximum atomic E-state index is 12.3. The zero-order valence-corrected chi connectivity index (χ0v) is 11.9. The monoisotopic (exact) mass is 251 g/mol. The molecule has 0 aliphatic rings. The molecule has 0 radical (unpaired) electrons. The third-order valence-corrected chi connectivity index (χ3v) is 3.69. The Morgan fingerprint density at radius 1 is 1.44 bits per heavy atom. The van der Waals surface area contributed by atoms with Crippen molar-refractivity contribution in [2.45, 2.75) is 52.1 Å². The number of carbonyl (C=O) groups is 1. The number of carbonyl (C=O) groups excluding carboxylic acids is 1. The molecule has 0 bridgehead atoms. The van der Waals surface area contributed by atoms with Crippen LogP contribution in [0.4, 0.5) is 0 Å². The molecule has 3 N–H and O–H groups in total. The normalized spacial score (nSPS) is 11.9. The molecule has 0 aromatic carbocycles. The molecule has 0 spiro atoms. The minimum Gasteiger partial charge on any atom is -0.344 e. The summed E-state index contributed by atoms with van der Waals surface area (Å²) in [5.41, 5.74) is 6.22. The first-order valence-corrected chi connectivity index (χ1v) is 6.69. The van der Waals surface area contributed by atoms with E-state index in [0.29, 0.717) is 12.2 Å². The lowest BCUT2D eigenvalue weighted by molar-refractivity contribution is 0.0884. The van der Waals surface area contributed by atoms with Gasteiger partial charge >= 0.3 is 0 Å². The summed E-state index contributed by atoms with van der Waals surface area (Å²) in [4.78, 5) is 12.3. The topological polar surface area (TPSA) is 60.0 Å². The molecule has 18 heavy (non-hydrogen) atoms. The van der Waals surface area contributed by atoms with E-state index in [9.17, 15) is 4.79 Å². The van der Waals surface area contributed by atoms with Crippen molar-refractivity contribution in [1.29, 1.82) is 0 Å². The standard InChI is InChI=1S/C14H25N3O/c1-5-14(6-2,10-15)16-13(18)12-8-7-9-17(12)11(3)4/h7-9,11H,5-6,10,15H2,1-4H3,(H,16,18). The molecule has 0 aliphatic carbocycles. The number of hydrogen-bond donors (Lipinski definition) is 2. The zero-order valence-electron chi connectivity index (χ0n) is 11.9. The van der Waals surface area contributed by atoms with Crippen LogP contribution >= 0.6 is 0 Å². The molecule has 0 unspecified atom stereocenters. The second-order valence-electron chi connectivity index (χ2n) is 5.04. The van der Waals surface area contributed by atoms with Gasteiger partial charge in [-0.1, -0.05) is 13.8 Å². The summed E-state index contributed by atoms with van der Waals surface area (Å²) in [5, 5.41) is 3.09. The highest BCUT2D eigenvalue weighted by atomic mass is 16.2. The summed E-state index contributed by atoms with van der Waals surface area (Å²) >= 11 is 0. The first-order valence-electron chi connectivity index (χ1n) is 6.69. The van der Waals surface area contributed by atoms with Crippen molar-refractivity contribution in [2.75, 3.05) is 6.54 Å². The van der Waals surface area contributed by atoms with Crippen molar-refractivity contribution in [3.8, 4) is 0 Å². The van der Waals surface area contributed by atoms with Crippen LogP contribution in [0.3, 0.4) is 0 Å². The zero-order chi connectivity index (χ0) is 13.8. The molecule has 1 aromatic heterocycles. The summed E-state index contributed by atoms with van der Waals surface area (Å²) in [5.74, 6) is -0.0390. The first kappa shape index (κ1) is 14.8. The Labute approximate surface area is 110 Å². The molecule has 4 nitrogen and oxygen atoms in total. The molecule has 4 heteroatoms. The van der Waals surface area contributed by atoms with Crippen molar-refractivity contribution in [3.05, 3.63) is 24.0 Å².